The van der Waals surface area contributed by atoms with Crippen molar-refractivity contribution in [2.75, 3.05) is 31.1 Å². The van der Waals surface area contributed by atoms with E-state index in [1.807, 2.05) is 25.7 Å². The maximum absolute atomic E-state index is 12.0. The normalized spacial score (nSPS) is 16.4. The number of anilines is 1. The predicted octanol–water partition coefficient (Wildman–Crippen LogP) is 1.11. The van der Waals surface area contributed by atoms with Gasteiger partial charge in [0.25, 0.3) is 0 Å². The highest BCUT2D eigenvalue weighted by Crippen LogP contribution is 2.10. The SMILES string of the molecule is CC(C)(C)NC(=O)N1CCN(c2ncccn2)CC1. The monoisotopic (exact) mass is 263 g/mol. The van der Waals surface area contributed by atoms with Gasteiger partial charge in [0.15, 0.2) is 0 Å². The fraction of sp³-hybridized carbons (Fsp3) is 0.615. The highest BCUT2D eigenvalue weighted by molar-refractivity contribution is 5.75. The average molecular weight is 263 g/mol. The zero-order valence-corrected chi connectivity index (χ0v) is 11.8. The second-order valence-corrected chi connectivity index (χ2v) is 5.70. The van der Waals surface area contributed by atoms with E-state index in [0.29, 0.717) is 13.1 Å². The first kappa shape index (κ1) is 13.6. The second kappa shape index (κ2) is 5.42. The molecule has 1 fully saturated rings. The van der Waals surface area contributed by atoms with Crippen LogP contribution in [0.3, 0.4) is 0 Å². The largest absolute Gasteiger partial charge is 0.337 e. The molecule has 0 aliphatic carbocycles. The summed E-state index contributed by atoms with van der Waals surface area (Å²) >= 11 is 0. The molecule has 0 bridgehead atoms. The number of hydrogen-bond acceptors (Lipinski definition) is 4. The molecule has 6 heteroatoms. The second-order valence-electron chi connectivity index (χ2n) is 5.70. The lowest BCUT2D eigenvalue weighted by Crippen LogP contribution is -2.55. The topological polar surface area (TPSA) is 61.4 Å². The molecule has 0 spiro atoms. The number of carbonyl (C=O) groups excluding carboxylic acids is 1. The zero-order valence-electron chi connectivity index (χ0n) is 11.8. The molecule has 0 saturated carbocycles. The fourth-order valence-corrected chi connectivity index (χ4v) is 1.96. The van der Waals surface area contributed by atoms with Crippen LogP contribution in [0.25, 0.3) is 0 Å². The van der Waals surface area contributed by atoms with Crippen LogP contribution in [0.1, 0.15) is 20.8 Å². The van der Waals surface area contributed by atoms with Crippen molar-refractivity contribution in [2.24, 2.45) is 0 Å². The Morgan fingerprint density at radius 3 is 2.26 bits per heavy atom. The van der Waals surface area contributed by atoms with Crippen LogP contribution in [0.2, 0.25) is 0 Å². The molecular weight excluding hydrogens is 242 g/mol. The van der Waals surface area contributed by atoms with Crippen molar-refractivity contribution in [3.63, 3.8) is 0 Å². The third-order valence-corrected chi connectivity index (χ3v) is 2.88. The van der Waals surface area contributed by atoms with Gasteiger partial charge in [0.1, 0.15) is 0 Å². The van der Waals surface area contributed by atoms with Gasteiger partial charge in [-0.1, -0.05) is 0 Å². The molecule has 6 nitrogen and oxygen atoms in total. The van der Waals surface area contributed by atoms with E-state index in [2.05, 4.69) is 20.2 Å². The average Bonchev–Trinajstić information content (AvgIpc) is 2.38. The first-order valence-corrected chi connectivity index (χ1v) is 6.55. The summed E-state index contributed by atoms with van der Waals surface area (Å²) in [6.07, 6.45) is 3.47. The Morgan fingerprint density at radius 1 is 1.16 bits per heavy atom. The summed E-state index contributed by atoms with van der Waals surface area (Å²) in [6.45, 7) is 8.88. The van der Waals surface area contributed by atoms with Crippen molar-refractivity contribution >= 4 is 12.0 Å². The molecule has 0 atom stereocenters. The van der Waals surface area contributed by atoms with Crippen molar-refractivity contribution in [1.82, 2.24) is 20.2 Å². The van der Waals surface area contributed by atoms with Crippen LogP contribution in [-0.4, -0.2) is 52.6 Å². The summed E-state index contributed by atoms with van der Waals surface area (Å²) in [6, 6.07) is 1.80. The van der Waals surface area contributed by atoms with E-state index in [4.69, 9.17) is 0 Å². The number of aromatic nitrogens is 2. The van der Waals surface area contributed by atoms with E-state index < -0.39 is 0 Å². The summed E-state index contributed by atoms with van der Waals surface area (Å²) in [5.74, 6) is 0.735. The number of nitrogens with one attached hydrogen (secondary N) is 1. The van der Waals surface area contributed by atoms with Crippen molar-refractivity contribution < 1.29 is 4.79 Å². The van der Waals surface area contributed by atoms with E-state index in [0.717, 1.165) is 19.0 Å². The number of amides is 2. The van der Waals surface area contributed by atoms with Crippen LogP contribution < -0.4 is 10.2 Å². The molecule has 1 aromatic rings. The minimum Gasteiger partial charge on any atom is -0.337 e. The standard InChI is InChI=1S/C13H21N5O/c1-13(2,3)16-12(19)18-9-7-17(8-10-18)11-14-5-4-6-15-11/h4-6H,7-10H2,1-3H3,(H,16,19). The van der Waals surface area contributed by atoms with Crippen LogP contribution >= 0.6 is 0 Å². The van der Waals surface area contributed by atoms with Crippen LogP contribution in [-0.2, 0) is 0 Å². The van der Waals surface area contributed by atoms with Crippen molar-refractivity contribution in [3.8, 4) is 0 Å². The third kappa shape index (κ3) is 3.81. The smallest absolute Gasteiger partial charge is 0.317 e. The van der Waals surface area contributed by atoms with E-state index in [1.165, 1.54) is 0 Å². The Bertz CT molecular complexity index is 420. The van der Waals surface area contributed by atoms with Crippen LogP contribution in [0.5, 0.6) is 0 Å². The molecule has 2 amide bonds. The Balaban J connectivity index is 1.88. The highest BCUT2D eigenvalue weighted by atomic mass is 16.2. The predicted molar refractivity (Wildman–Crippen MR) is 74.1 cm³/mol. The molecule has 1 saturated heterocycles. The Kier molecular flexibility index (Phi) is 3.87. The number of nitrogens with zero attached hydrogens (tertiary/aromatic N) is 4. The van der Waals surface area contributed by atoms with Crippen LogP contribution in [0.15, 0.2) is 18.5 Å². The van der Waals surface area contributed by atoms with Gasteiger partial charge in [-0.05, 0) is 26.8 Å². The summed E-state index contributed by atoms with van der Waals surface area (Å²) in [5, 5.41) is 2.98. The van der Waals surface area contributed by atoms with Gasteiger partial charge in [-0.2, -0.15) is 0 Å². The molecule has 0 aromatic carbocycles. The van der Waals surface area contributed by atoms with Crippen molar-refractivity contribution in [1.29, 1.82) is 0 Å². The lowest BCUT2D eigenvalue weighted by atomic mass is 10.1. The number of urea groups is 1. The summed E-state index contributed by atoms with van der Waals surface area (Å²) in [5.41, 5.74) is -0.198. The lowest BCUT2D eigenvalue weighted by Gasteiger charge is -2.36. The first-order valence-electron chi connectivity index (χ1n) is 6.55. The molecule has 1 aliphatic rings. The van der Waals surface area contributed by atoms with Gasteiger partial charge in [-0.25, -0.2) is 14.8 Å². The van der Waals surface area contributed by atoms with Gasteiger partial charge >= 0.3 is 6.03 Å². The Morgan fingerprint density at radius 2 is 1.74 bits per heavy atom. The minimum atomic E-state index is -0.198. The van der Waals surface area contributed by atoms with E-state index in [9.17, 15) is 4.79 Å². The Hall–Kier alpha value is -1.85. The number of rotatable bonds is 1. The quantitative estimate of drug-likeness (QED) is 0.824. The van der Waals surface area contributed by atoms with Gasteiger partial charge in [-0.15, -0.1) is 0 Å². The number of piperazine rings is 1. The maximum Gasteiger partial charge on any atom is 0.317 e. The molecule has 1 N–H and O–H groups in total. The molecule has 104 valence electrons. The van der Waals surface area contributed by atoms with Gasteiger partial charge in [0.05, 0.1) is 0 Å². The van der Waals surface area contributed by atoms with E-state index in [1.54, 1.807) is 18.5 Å². The zero-order chi connectivity index (χ0) is 13.9. The van der Waals surface area contributed by atoms with Crippen LogP contribution in [0.4, 0.5) is 10.7 Å². The lowest BCUT2D eigenvalue weighted by molar-refractivity contribution is 0.185. The van der Waals surface area contributed by atoms with Gasteiger partial charge in [0.2, 0.25) is 5.95 Å². The maximum atomic E-state index is 12.0. The third-order valence-electron chi connectivity index (χ3n) is 2.88. The van der Waals surface area contributed by atoms with E-state index >= 15 is 0 Å². The molecule has 0 unspecified atom stereocenters. The van der Waals surface area contributed by atoms with Crippen LogP contribution in [0, 0.1) is 0 Å². The molecular formula is C13H21N5O. The van der Waals surface area contributed by atoms with E-state index in [-0.39, 0.29) is 11.6 Å². The number of hydrogen-bond donors (Lipinski definition) is 1. The summed E-state index contributed by atoms with van der Waals surface area (Å²) < 4.78 is 0. The Labute approximate surface area is 113 Å². The molecule has 1 aliphatic heterocycles. The highest BCUT2D eigenvalue weighted by Gasteiger charge is 2.24. The van der Waals surface area contributed by atoms with Gasteiger partial charge < -0.3 is 15.1 Å². The minimum absolute atomic E-state index is 0.00105. The van der Waals surface area contributed by atoms with Crippen molar-refractivity contribution in [3.05, 3.63) is 18.5 Å². The molecule has 19 heavy (non-hydrogen) atoms. The molecule has 2 heterocycles. The molecule has 0 radical (unpaired) electrons. The fourth-order valence-electron chi connectivity index (χ4n) is 1.96. The van der Waals surface area contributed by atoms with Crippen molar-refractivity contribution in [2.45, 2.75) is 26.3 Å². The van der Waals surface area contributed by atoms with Gasteiger partial charge in [0, 0.05) is 44.1 Å². The van der Waals surface area contributed by atoms with Gasteiger partial charge in [-0.3, -0.25) is 0 Å². The molecule has 2 rings (SSSR count). The first-order chi connectivity index (χ1) is 8.96. The summed E-state index contributed by atoms with van der Waals surface area (Å²) in [4.78, 5) is 24.4. The molecule has 1 aromatic heterocycles. The summed E-state index contributed by atoms with van der Waals surface area (Å²) in [7, 11) is 0. The number of carbonyl (C=O) groups is 1.